The van der Waals surface area contributed by atoms with Crippen molar-refractivity contribution in [1.82, 2.24) is 4.90 Å². The van der Waals surface area contributed by atoms with Gasteiger partial charge in [-0.2, -0.15) is 0 Å². The van der Waals surface area contributed by atoms with Crippen LogP contribution in [0.15, 0.2) is 0 Å². The summed E-state index contributed by atoms with van der Waals surface area (Å²) in [6.45, 7) is 6.52. The largest absolute Gasteiger partial charge is 0.444 e. The highest BCUT2D eigenvalue weighted by molar-refractivity contribution is 5.69. The molecule has 0 unspecified atom stereocenters. The van der Waals surface area contributed by atoms with E-state index in [1.165, 1.54) is 6.42 Å². The number of hydrogen-bond donors (Lipinski definition) is 1. The van der Waals surface area contributed by atoms with Crippen LogP contribution in [-0.4, -0.2) is 39.9 Å². The zero-order valence-electron chi connectivity index (χ0n) is 12.4. The van der Waals surface area contributed by atoms with Crippen LogP contribution in [0.25, 0.3) is 0 Å². The van der Waals surface area contributed by atoms with Crippen LogP contribution in [0.4, 0.5) is 4.79 Å². The minimum atomic E-state index is -0.441. The van der Waals surface area contributed by atoms with Gasteiger partial charge in [0, 0.05) is 12.1 Å². The number of ether oxygens (including phenoxy) is 1. The second-order valence-corrected chi connectivity index (χ2v) is 7.04. The molecule has 2 fully saturated rings. The van der Waals surface area contributed by atoms with Gasteiger partial charge < -0.3 is 14.7 Å². The van der Waals surface area contributed by atoms with Crippen LogP contribution in [0.5, 0.6) is 0 Å². The molecule has 0 bridgehead atoms. The Kier molecular flexibility index (Phi) is 4.09. The van der Waals surface area contributed by atoms with Gasteiger partial charge in [-0.3, -0.25) is 0 Å². The van der Waals surface area contributed by atoms with E-state index in [0.717, 1.165) is 45.1 Å². The van der Waals surface area contributed by atoms with Crippen molar-refractivity contribution in [2.75, 3.05) is 6.54 Å². The molecule has 2 rings (SSSR count). The monoisotopic (exact) mass is 269 g/mol. The predicted molar refractivity (Wildman–Crippen MR) is 74.0 cm³/mol. The van der Waals surface area contributed by atoms with Gasteiger partial charge in [0.2, 0.25) is 0 Å². The molecule has 1 spiro atoms. The summed E-state index contributed by atoms with van der Waals surface area (Å²) in [5.41, 5.74) is -0.496. The molecule has 0 aromatic rings. The summed E-state index contributed by atoms with van der Waals surface area (Å²) in [6.07, 6.45) is 6.36. The quantitative estimate of drug-likeness (QED) is 0.735. The molecule has 110 valence electrons. The third-order valence-electron chi connectivity index (χ3n) is 4.35. The summed E-state index contributed by atoms with van der Waals surface area (Å²) in [6, 6.07) is 0. The highest BCUT2D eigenvalue weighted by Gasteiger charge is 2.45. The molecule has 4 nitrogen and oxygen atoms in total. The lowest BCUT2D eigenvalue weighted by Gasteiger charge is -2.50. The van der Waals surface area contributed by atoms with Crippen molar-refractivity contribution in [2.45, 2.75) is 83.0 Å². The third-order valence-corrected chi connectivity index (χ3v) is 4.35. The molecule has 1 aliphatic heterocycles. The van der Waals surface area contributed by atoms with Crippen LogP contribution in [0.3, 0.4) is 0 Å². The Labute approximate surface area is 116 Å². The van der Waals surface area contributed by atoms with Crippen LogP contribution in [0.1, 0.15) is 65.7 Å². The maximum Gasteiger partial charge on any atom is 0.410 e. The van der Waals surface area contributed by atoms with Crippen molar-refractivity contribution < 1.29 is 14.6 Å². The second-order valence-electron chi connectivity index (χ2n) is 7.04. The molecule has 1 N–H and O–H groups in total. The molecule has 1 saturated heterocycles. The molecule has 1 heterocycles. The summed E-state index contributed by atoms with van der Waals surface area (Å²) in [4.78, 5) is 14.4. The van der Waals surface area contributed by atoms with E-state index in [0.29, 0.717) is 0 Å². The Hall–Kier alpha value is -0.770. The molecule has 0 aromatic heterocycles. The van der Waals surface area contributed by atoms with Gasteiger partial charge in [0.1, 0.15) is 5.60 Å². The summed E-state index contributed by atoms with van der Waals surface area (Å²) < 4.78 is 5.56. The fourth-order valence-electron chi connectivity index (χ4n) is 3.36. The van der Waals surface area contributed by atoms with Crippen LogP contribution in [-0.2, 0) is 4.74 Å². The molecule has 1 aliphatic carbocycles. The molecule has 1 amide bonds. The van der Waals surface area contributed by atoms with Gasteiger partial charge in [0.25, 0.3) is 0 Å². The number of carbonyl (C=O) groups excluding carboxylic acids is 1. The molecule has 0 aromatic carbocycles. The SMILES string of the molecule is CC(C)(C)OC(=O)N1CCCCC12CCC(O)CC2. The Morgan fingerprint density at radius 3 is 2.42 bits per heavy atom. The lowest BCUT2D eigenvalue weighted by atomic mass is 9.74. The van der Waals surface area contributed by atoms with Gasteiger partial charge >= 0.3 is 6.09 Å². The van der Waals surface area contributed by atoms with E-state index in [9.17, 15) is 9.90 Å². The van der Waals surface area contributed by atoms with E-state index in [1.807, 2.05) is 25.7 Å². The van der Waals surface area contributed by atoms with Gasteiger partial charge in [-0.15, -0.1) is 0 Å². The lowest BCUT2D eigenvalue weighted by Crippen LogP contribution is -2.57. The number of nitrogens with zero attached hydrogens (tertiary/aromatic N) is 1. The Morgan fingerprint density at radius 2 is 1.84 bits per heavy atom. The summed E-state index contributed by atoms with van der Waals surface area (Å²) in [5, 5.41) is 9.70. The van der Waals surface area contributed by atoms with Crippen molar-refractivity contribution in [2.24, 2.45) is 0 Å². The summed E-state index contributed by atoms with van der Waals surface area (Å²) in [5.74, 6) is 0. The van der Waals surface area contributed by atoms with Crippen LogP contribution in [0.2, 0.25) is 0 Å². The van der Waals surface area contributed by atoms with Crippen LogP contribution >= 0.6 is 0 Å². The fourth-order valence-corrected chi connectivity index (χ4v) is 3.36. The zero-order chi connectivity index (χ0) is 14.1. The Balaban J connectivity index is 2.10. The van der Waals surface area contributed by atoms with Crippen molar-refractivity contribution in [3.05, 3.63) is 0 Å². The van der Waals surface area contributed by atoms with E-state index < -0.39 is 5.60 Å². The number of likely N-dealkylation sites (tertiary alicyclic amines) is 1. The molecule has 19 heavy (non-hydrogen) atoms. The van der Waals surface area contributed by atoms with Gasteiger partial charge in [-0.05, 0) is 65.7 Å². The molecule has 0 atom stereocenters. The summed E-state index contributed by atoms with van der Waals surface area (Å²) in [7, 11) is 0. The lowest BCUT2D eigenvalue weighted by molar-refractivity contribution is -0.0411. The molecule has 2 aliphatic rings. The van der Waals surface area contributed by atoms with Crippen molar-refractivity contribution in [3.8, 4) is 0 Å². The average Bonchev–Trinajstić information content (AvgIpc) is 2.31. The van der Waals surface area contributed by atoms with E-state index in [4.69, 9.17) is 4.74 Å². The number of amides is 1. The predicted octanol–water partition coefficient (Wildman–Crippen LogP) is 3.08. The molecular weight excluding hydrogens is 242 g/mol. The van der Waals surface area contributed by atoms with E-state index in [1.54, 1.807) is 0 Å². The zero-order valence-corrected chi connectivity index (χ0v) is 12.4. The van der Waals surface area contributed by atoms with Crippen molar-refractivity contribution in [1.29, 1.82) is 0 Å². The molecular formula is C15H27NO3. The van der Waals surface area contributed by atoms with Crippen molar-refractivity contribution >= 4 is 6.09 Å². The van der Waals surface area contributed by atoms with Gasteiger partial charge in [-0.25, -0.2) is 4.79 Å². The highest BCUT2D eigenvalue weighted by atomic mass is 16.6. The number of aliphatic hydroxyl groups is 1. The molecule has 1 saturated carbocycles. The minimum absolute atomic E-state index is 0.0557. The first kappa shape index (κ1) is 14.6. The third kappa shape index (κ3) is 3.41. The van der Waals surface area contributed by atoms with Crippen molar-refractivity contribution in [3.63, 3.8) is 0 Å². The van der Waals surface area contributed by atoms with E-state index >= 15 is 0 Å². The number of piperidine rings is 1. The Bertz CT molecular complexity index is 327. The number of aliphatic hydroxyl groups excluding tert-OH is 1. The van der Waals surface area contributed by atoms with Gasteiger partial charge in [-0.1, -0.05) is 0 Å². The smallest absolute Gasteiger partial charge is 0.410 e. The van der Waals surface area contributed by atoms with Crippen LogP contribution in [0, 0.1) is 0 Å². The summed E-state index contributed by atoms with van der Waals surface area (Å²) >= 11 is 0. The maximum absolute atomic E-state index is 12.4. The Morgan fingerprint density at radius 1 is 1.21 bits per heavy atom. The minimum Gasteiger partial charge on any atom is -0.444 e. The normalized spacial score (nSPS) is 32.4. The second kappa shape index (κ2) is 5.31. The van der Waals surface area contributed by atoms with Crippen LogP contribution < -0.4 is 0 Å². The topological polar surface area (TPSA) is 49.8 Å². The average molecular weight is 269 g/mol. The number of carbonyl (C=O) groups is 1. The first-order valence-electron chi connectivity index (χ1n) is 7.51. The number of rotatable bonds is 0. The first-order chi connectivity index (χ1) is 8.82. The maximum atomic E-state index is 12.4. The van der Waals surface area contributed by atoms with Gasteiger partial charge in [0.05, 0.1) is 6.10 Å². The number of hydrogen-bond acceptors (Lipinski definition) is 3. The highest BCUT2D eigenvalue weighted by Crippen LogP contribution is 2.41. The molecule has 0 radical (unpaired) electrons. The standard InChI is InChI=1S/C15H27NO3/c1-14(2,3)19-13(18)16-11-5-4-8-15(16)9-6-12(17)7-10-15/h12,17H,4-11H2,1-3H3. The van der Waals surface area contributed by atoms with E-state index in [2.05, 4.69) is 0 Å². The van der Waals surface area contributed by atoms with E-state index in [-0.39, 0.29) is 17.7 Å². The fraction of sp³-hybridized carbons (Fsp3) is 0.933. The first-order valence-corrected chi connectivity index (χ1v) is 7.51. The van der Waals surface area contributed by atoms with Gasteiger partial charge in [0.15, 0.2) is 0 Å². The molecule has 4 heteroatoms.